The molecule has 0 N–H and O–H groups in total. The summed E-state index contributed by atoms with van der Waals surface area (Å²) in [5.74, 6) is 1.02. The van der Waals surface area contributed by atoms with Crippen molar-refractivity contribution >= 4 is 33.8 Å². The van der Waals surface area contributed by atoms with Crippen LogP contribution in [0.2, 0.25) is 0 Å². The van der Waals surface area contributed by atoms with Gasteiger partial charge in [-0.15, -0.1) is 0 Å². The van der Waals surface area contributed by atoms with Gasteiger partial charge >= 0.3 is 12.2 Å². The lowest BCUT2D eigenvalue weighted by Crippen LogP contribution is -2.41. The second-order valence-electron chi connectivity index (χ2n) is 14.6. The summed E-state index contributed by atoms with van der Waals surface area (Å²) in [6.45, 7) is 14.4. The largest absolute Gasteiger partial charge is 0.444 e. The van der Waals surface area contributed by atoms with Gasteiger partial charge in [-0.2, -0.15) is 5.10 Å². The first-order valence-corrected chi connectivity index (χ1v) is 17.6. The average molecular weight is 719 g/mol. The third-order valence-corrected chi connectivity index (χ3v) is 9.13. The molecule has 0 bridgehead atoms. The third-order valence-electron chi connectivity index (χ3n) is 8.60. The number of aromatic nitrogens is 3. The van der Waals surface area contributed by atoms with Gasteiger partial charge in [-0.1, -0.05) is 52.3 Å². The highest BCUT2D eigenvalue weighted by molar-refractivity contribution is 9.10. The smallest absolute Gasteiger partial charge is 0.410 e. The molecule has 4 aromatic rings. The van der Waals surface area contributed by atoms with E-state index in [1.54, 1.807) is 10.7 Å². The van der Waals surface area contributed by atoms with Gasteiger partial charge in [0.15, 0.2) is 5.65 Å². The number of halogens is 1. The first-order chi connectivity index (χ1) is 22.7. The molecule has 0 saturated carbocycles. The van der Waals surface area contributed by atoms with E-state index < -0.39 is 11.2 Å². The van der Waals surface area contributed by atoms with Crippen molar-refractivity contribution in [1.82, 2.24) is 24.4 Å². The predicted molar refractivity (Wildman–Crippen MR) is 192 cm³/mol. The first-order valence-electron chi connectivity index (χ1n) is 16.9. The highest BCUT2D eigenvalue weighted by Gasteiger charge is 2.28. The number of nitrogens with zero attached hydrogens (tertiary/aromatic N) is 5. The van der Waals surface area contributed by atoms with Gasteiger partial charge in [-0.05, 0) is 108 Å². The molecule has 0 radical (unpaired) electrons. The molecule has 2 amide bonds. The number of rotatable bonds is 3. The minimum Gasteiger partial charge on any atom is -0.444 e. The summed E-state index contributed by atoms with van der Waals surface area (Å²) in [4.78, 5) is 32.3. The molecule has 48 heavy (non-hydrogen) atoms. The number of likely N-dealkylation sites (tertiary alicyclic amines) is 2. The number of carbonyl (C=O) groups is 2. The van der Waals surface area contributed by atoms with Crippen molar-refractivity contribution in [2.75, 3.05) is 26.2 Å². The second-order valence-corrected chi connectivity index (χ2v) is 15.5. The molecule has 2 aromatic heterocycles. The normalized spacial score (nSPS) is 16.3. The Bertz CT molecular complexity index is 1660. The van der Waals surface area contributed by atoms with Gasteiger partial charge in [-0.3, -0.25) is 0 Å². The fourth-order valence-corrected chi connectivity index (χ4v) is 6.35. The Balaban J connectivity index is 0.000000199. The van der Waals surface area contributed by atoms with E-state index in [0.717, 1.165) is 73.1 Å². The summed E-state index contributed by atoms with van der Waals surface area (Å²) in [6.07, 6.45) is 9.15. The van der Waals surface area contributed by atoms with Crippen LogP contribution in [-0.2, 0) is 9.47 Å². The Morgan fingerprint density at radius 1 is 0.688 bits per heavy atom. The maximum absolute atomic E-state index is 12.2. The Hall–Kier alpha value is -3.92. The number of fused-ring (bicyclic) bond motifs is 1. The zero-order valence-corrected chi connectivity index (χ0v) is 30.6. The molecule has 2 saturated heterocycles. The van der Waals surface area contributed by atoms with Crippen LogP contribution in [0.15, 0.2) is 77.7 Å². The molecule has 2 aliphatic heterocycles. The molecule has 2 aromatic carbocycles. The highest BCUT2D eigenvalue weighted by Crippen LogP contribution is 2.31. The molecule has 0 spiro atoms. The zero-order valence-electron chi connectivity index (χ0n) is 29.0. The minimum absolute atomic E-state index is 0.188. The fourth-order valence-electron chi connectivity index (χ4n) is 6.09. The van der Waals surface area contributed by atoms with E-state index in [1.807, 2.05) is 69.8 Å². The molecule has 6 rings (SSSR count). The maximum Gasteiger partial charge on any atom is 0.410 e. The Kier molecular flexibility index (Phi) is 11.1. The highest BCUT2D eigenvalue weighted by atomic mass is 79.9. The van der Waals surface area contributed by atoms with E-state index in [0.29, 0.717) is 11.8 Å². The minimum atomic E-state index is -0.447. The molecule has 0 atom stereocenters. The number of hydrogen-bond donors (Lipinski definition) is 0. The van der Waals surface area contributed by atoms with Crippen LogP contribution in [0, 0.1) is 0 Å². The molecular formula is C38H48BrN5O4. The van der Waals surface area contributed by atoms with Crippen molar-refractivity contribution < 1.29 is 19.1 Å². The lowest BCUT2D eigenvalue weighted by Gasteiger charge is -2.33. The quantitative estimate of drug-likeness (QED) is 0.210. The molecule has 256 valence electrons. The summed E-state index contributed by atoms with van der Waals surface area (Å²) in [7, 11) is 0. The van der Waals surface area contributed by atoms with Crippen LogP contribution in [0.25, 0.3) is 16.8 Å². The maximum atomic E-state index is 12.2. The van der Waals surface area contributed by atoms with Gasteiger partial charge in [-0.25, -0.2) is 19.1 Å². The topological polar surface area (TPSA) is 89.3 Å². The molecule has 9 nitrogen and oxygen atoms in total. The summed E-state index contributed by atoms with van der Waals surface area (Å²) in [5.41, 5.74) is 4.83. The number of ether oxygens (including phenoxy) is 2. The Labute approximate surface area is 292 Å². The molecule has 4 heterocycles. The SMILES string of the molecule is CC(C)(C)OC(=O)N1CCC(c2ccc(-c3cnc4ccnn4c3)cc2)CC1.CC(C)(C)OC(=O)N1CCC(c2ccc(Br)cc2)CC1. The lowest BCUT2D eigenvalue weighted by atomic mass is 9.89. The van der Waals surface area contributed by atoms with Gasteiger partial charge in [0.2, 0.25) is 0 Å². The van der Waals surface area contributed by atoms with Crippen molar-refractivity contribution in [2.45, 2.75) is 90.3 Å². The van der Waals surface area contributed by atoms with Crippen molar-refractivity contribution in [3.8, 4) is 11.1 Å². The van der Waals surface area contributed by atoms with Gasteiger partial charge in [0.05, 0.1) is 6.20 Å². The summed E-state index contributed by atoms with van der Waals surface area (Å²) in [5, 5.41) is 4.25. The summed E-state index contributed by atoms with van der Waals surface area (Å²) < 4.78 is 13.8. The van der Waals surface area contributed by atoms with Crippen molar-refractivity contribution in [3.05, 3.63) is 88.8 Å². The van der Waals surface area contributed by atoms with Crippen molar-refractivity contribution in [2.24, 2.45) is 0 Å². The third kappa shape index (κ3) is 9.81. The van der Waals surface area contributed by atoms with E-state index >= 15 is 0 Å². The molecule has 0 aliphatic carbocycles. The lowest BCUT2D eigenvalue weighted by molar-refractivity contribution is 0.0194. The summed E-state index contributed by atoms with van der Waals surface area (Å²) >= 11 is 3.46. The van der Waals surface area contributed by atoms with Crippen LogP contribution in [0.5, 0.6) is 0 Å². The van der Waals surface area contributed by atoms with Gasteiger partial charge in [0.1, 0.15) is 11.2 Å². The van der Waals surface area contributed by atoms with Gasteiger partial charge < -0.3 is 19.3 Å². The fraction of sp³-hybridized carbons (Fsp3) is 0.474. The summed E-state index contributed by atoms with van der Waals surface area (Å²) in [6, 6.07) is 19.0. The Morgan fingerprint density at radius 2 is 1.15 bits per heavy atom. The average Bonchev–Trinajstić information content (AvgIpc) is 3.52. The molecule has 2 fully saturated rings. The zero-order chi connectivity index (χ0) is 34.5. The molecule has 2 aliphatic rings. The van der Waals surface area contributed by atoms with E-state index in [4.69, 9.17) is 9.47 Å². The number of amides is 2. The predicted octanol–water partition coefficient (Wildman–Crippen LogP) is 9.07. The number of piperidine rings is 2. The Morgan fingerprint density at radius 3 is 1.60 bits per heavy atom. The van der Waals surface area contributed by atoms with Crippen molar-refractivity contribution in [1.29, 1.82) is 0 Å². The van der Waals surface area contributed by atoms with Crippen LogP contribution >= 0.6 is 15.9 Å². The molecular weight excluding hydrogens is 670 g/mol. The van der Waals surface area contributed by atoms with Crippen molar-refractivity contribution in [3.63, 3.8) is 0 Å². The number of hydrogen-bond acceptors (Lipinski definition) is 6. The van der Waals surface area contributed by atoms with E-state index in [1.165, 1.54) is 11.1 Å². The number of carbonyl (C=O) groups excluding carboxylic acids is 2. The van der Waals surface area contributed by atoms with Crippen LogP contribution in [0.4, 0.5) is 9.59 Å². The van der Waals surface area contributed by atoms with E-state index in [9.17, 15) is 9.59 Å². The molecule has 0 unspecified atom stereocenters. The van der Waals surface area contributed by atoms with E-state index in [-0.39, 0.29) is 12.2 Å². The van der Waals surface area contributed by atoms with Crippen LogP contribution in [0.1, 0.15) is 90.2 Å². The standard InChI is InChI=1S/C22H26N4O2.C16H22BrNO2/c1-22(2,3)28-21(27)25-12-9-18(10-13-25)16-4-6-17(7-5-16)19-14-23-20-8-11-24-26(20)15-19;1-16(2,3)20-15(19)18-10-8-13(9-11-18)12-4-6-14(17)7-5-12/h4-8,11,14-15,18H,9-10,12-13H2,1-3H3;4-7,13H,8-11H2,1-3H3. The number of benzene rings is 2. The first kappa shape index (κ1) is 35.4. The van der Waals surface area contributed by atoms with Crippen LogP contribution < -0.4 is 0 Å². The molecule has 10 heteroatoms. The van der Waals surface area contributed by atoms with Crippen LogP contribution in [0.3, 0.4) is 0 Å². The van der Waals surface area contributed by atoms with Crippen LogP contribution in [-0.4, -0.2) is 74.0 Å². The van der Waals surface area contributed by atoms with Gasteiger partial charge in [0.25, 0.3) is 0 Å². The monoisotopic (exact) mass is 717 g/mol. The van der Waals surface area contributed by atoms with E-state index in [2.05, 4.69) is 74.5 Å². The second kappa shape index (κ2) is 15.1. The van der Waals surface area contributed by atoms with Gasteiger partial charge in [0, 0.05) is 54.7 Å².